The molecule has 0 saturated carbocycles. The molecule has 0 fully saturated rings. The summed E-state index contributed by atoms with van der Waals surface area (Å²) in [7, 11) is 0. The molecule has 0 aromatic heterocycles. The van der Waals surface area contributed by atoms with Crippen LogP contribution >= 0.6 is 0 Å². The number of aliphatic carboxylic acids is 5. The summed E-state index contributed by atoms with van der Waals surface area (Å²) in [4.78, 5) is 63.3. The molecule has 0 aliphatic carbocycles. The number of rotatable bonds is 12. The Labute approximate surface area is 147 Å². The van der Waals surface area contributed by atoms with Crippen molar-refractivity contribution in [2.24, 2.45) is 0 Å². The van der Waals surface area contributed by atoms with Gasteiger partial charge >= 0.3 is 29.8 Å². The number of Topliss-reactive ketones (excluding diaryl/α,β-unsaturated/α-hetero) is 1. The Kier molecular flexibility index (Phi) is 12.8. The van der Waals surface area contributed by atoms with Crippen LogP contribution in [0, 0.1) is 0 Å². The molecule has 0 unspecified atom stereocenters. The van der Waals surface area contributed by atoms with Crippen molar-refractivity contribution in [2.75, 3.05) is 39.3 Å². The third-order valence-electron chi connectivity index (χ3n) is 2.47. The molecular weight excluding hydrogens is 360 g/mol. The van der Waals surface area contributed by atoms with E-state index in [1.807, 2.05) is 0 Å². The number of carbonyl (C=O) groups excluding carboxylic acids is 1. The second-order valence-corrected chi connectivity index (χ2v) is 4.86. The van der Waals surface area contributed by atoms with E-state index in [0.29, 0.717) is 0 Å². The molecule has 26 heavy (non-hydrogen) atoms. The van der Waals surface area contributed by atoms with Crippen molar-refractivity contribution in [1.82, 2.24) is 9.80 Å². The van der Waals surface area contributed by atoms with Crippen LogP contribution in [0.1, 0.15) is 6.92 Å². The maximum absolute atomic E-state index is 10.6. The zero-order valence-corrected chi connectivity index (χ0v) is 13.8. The van der Waals surface area contributed by atoms with Crippen molar-refractivity contribution in [2.45, 2.75) is 6.92 Å². The SMILES string of the molecule is CC(=O)C(=O)O.O=C(O)CN(CCN(CC(=O)O)CC(=O)O)CC(=O)O. The number of carboxylic acids is 5. The molecule has 0 amide bonds. The predicted octanol–water partition coefficient (Wildman–Crippen LogP) is -2.41. The monoisotopic (exact) mass is 380 g/mol. The minimum Gasteiger partial charge on any atom is -0.480 e. The lowest BCUT2D eigenvalue weighted by molar-refractivity contribution is -0.148. The Hall–Kier alpha value is -3.06. The molecule has 0 aromatic carbocycles. The third-order valence-corrected chi connectivity index (χ3v) is 2.47. The molecule has 0 bridgehead atoms. The Morgan fingerprint density at radius 1 is 0.577 bits per heavy atom. The Bertz CT molecular complexity index is 466. The topological polar surface area (TPSA) is 210 Å². The molecule has 0 rings (SSSR count). The molecule has 5 N–H and O–H groups in total. The average Bonchev–Trinajstić information content (AvgIpc) is 2.42. The van der Waals surface area contributed by atoms with Crippen LogP contribution in [0.2, 0.25) is 0 Å². The molecule has 0 aromatic rings. The van der Waals surface area contributed by atoms with Crippen LogP contribution in [0.3, 0.4) is 0 Å². The van der Waals surface area contributed by atoms with Crippen molar-refractivity contribution >= 4 is 35.6 Å². The molecule has 13 nitrogen and oxygen atoms in total. The van der Waals surface area contributed by atoms with Gasteiger partial charge in [0.15, 0.2) is 0 Å². The van der Waals surface area contributed by atoms with Gasteiger partial charge in [-0.1, -0.05) is 0 Å². The number of carbonyl (C=O) groups is 6. The van der Waals surface area contributed by atoms with Gasteiger partial charge in [-0.05, 0) is 0 Å². The van der Waals surface area contributed by atoms with Crippen LogP contribution in [-0.4, -0.2) is 110 Å². The van der Waals surface area contributed by atoms with Gasteiger partial charge < -0.3 is 25.5 Å². The fourth-order valence-corrected chi connectivity index (χ4v) is 1.48. The maximum Gasteiger partial charge on any atom is 0.371 e. The van der Waals surface area contributed by atoms with E-state index in [2.05, 4.69) is 0 Å². The van der Waals surface area contributed by atoms with Crippen LogP contribution in [0.25, 0.3) is 0 Å². The van der Waals surface area contributed by atoms with Gasteiger partial charge in [-0.3, -0.25) is 33.8 Å². The summed E-state index contributed by atoms with van der Waals surface area (Å²) in [5.41, 5.74) is 0. The summed E-state index contributed by atoms with van der Waals surface area (Å²) in [5.74, 6) is -7.11. The molecule has 0 atom stereocenters. The Morgan fingerprint density at radius 2 is 0.769 bits per heavy atom. The van der Waals surface area contributed by atoms with Gasteiger partial charge in [-0.15, -0.1) is 0 Å². The van der Waals surface area contributed by atoms with E-state index in [0.717, 1.165) is 16.7 Å². The lowest BCUT2D eigenvalue weighted by Crippen LogP contribution is -2.43. The first-order valence-corrected chi connectivity index (χ1v) is 6.90. The quantitative estimate of drug-likeness (QED) is 0.224. The fourth-order valence-electron chi connectivity index (χ4n) is 1.48. The van der Waals surface area contributed by atoms with Gasteiger partial charge in [-0.2, -0.15) is 0 Å². The second kappa shape index (κ2) is 13.3. The first-order chi connectivity index (χ1) is 11.8. The molecule has 0 spiro atoms. The third kappa shape index (κ3) is 17.3. The Morgan fingerprint density at radius 3 is 0.885 bits per heavy atom. The lowest BCUT2D eigenvalue weighted by atomic mass is 10.4. The molecule has 0 heterocycles. The highest BCUT2D eigenvalue weighted by atomic mass is 16.4. The predicted molar refractivity (Wildman–Crippen MR) is 81.7 cm³/mol. The summed E-state index contributed by atoms with van der Waals surface area (Å²) in [6, 6.07) is 0. The first-order valence-electron chi connectivity index (χ1n) is 6.90. The van der Waals surface area contributed by atoms with Gasteiger partial charge in [0, 0.05) is 20.0 Å². The Balaban J connectivity index is 0. The van der Waals surface area contributed by atoms with E-state index in [1.165, 1.54) is 0 Å². The zero-order chi connectivity index (χ0) is 20.9. The maximum atomic E-state index is 10.6. The average molecular weight is 380 g/mol. The van der Waals surface area contributed by atoms with E-state index < -0.39 is 61.8 Å². The standard InChI is InChI=1S/C10H16N2O8.C3H4O3/c13-7(14)3-11(4-8(15)16)1-2-12(5-9(17)18)6-10(19)20;1-2(4)3(5)6/h1-6H2,(H,13,14)(H,15,16)(H,17,18)(H,19,20);1H3,(H,5,6). The molecule has 0 saturated heterocycles. The number of hydrogen-bond acceptors (Lipinski definition) is 8. The molecular formula is C13H20N2O11. The van der Waals surface area contributed by atoms with E-state index in [1.54, 1.807) is 0 Å². The molecule has 13 heteroatoms. The van der Waals surface area contributed by atoms with E-state index in [-0.39, 0.29) is 13.1 Å². The molecule has 0 radical (unpaired) electrons. The minimum absolute atomic E-state index is 0.0703. The summed E-state index contributed by atoms with van der Waals surface area (Å²) >= 11 is 0. The largest absolute Gasteiger partial charge is 0.480 e. The van der Waals surface area contributed by atoms with Crippen molar-refractivity contribution in [3.63, 3.8) is 0 Å². The van der Waals surface area contributed by atoms with E-state index in [9.17, 15) is 28.8 Å². The van der Waals surface area contributed by atoms with Crippen LogP contribution < -0.4 is 0 Å². The highest BCUT2D eigenvalue weighted by Gasteiger charge is 2.17. The lowest BCUT2D eigenvalue weighted by Gasteiger charge is -2.23. The molecule has 0 aliphatic heterocycles. The van der Waals surface area contributed by atoms with Crippen molar-refractivity contribution in [3.05, 3.63) is 0 Å². The fraction of sp³-hybridized carbons (Fsp3) is 0.538. The van der Waals surface area contributed by atoms with Crippen LogP contribution in [0.15, 0.2) is 0 Å². The normalized spacial score (nSPS) is 9.96. The number of carboxylic acid groups (broad SMARTS) is 5. The van der Waals surface area contributed by atoms with Crippen LogP contribution in [0.5, 0.6) is 0 Å². The zero-order valence-electron chi connectivity index (χ0n) is 13.8. The van der Waals surface area contributed by atoms with E-state index in [4.69, 9.17) is 25.5 Å². The van der Waals surface area contributed by atoms with Gasteiger partial charge in [0.1, 0.15) is 0 Å². The smallest absolute Gasteiger partial charge is 0.371 e. The van der Waals surface area contributed by atoms with Crippen molar-refractivity contribution < 1.29 is 54.3 Å². The van der Waals surface area contributed by atoms with Crippen LogP contribution in [-0.2, 0) is 28.8 Å². The van der Waals surface area contributed by atoms with Crippen molar-refractivity contribution in [1.29, 1.82) is 0 Å². The highest BCUT2D eigenvalue weighted by Crippen LogP contribution is 1.94. The van der Waals surface area contributed by atoms with E-state index >= 15 is 0 Å². The molecule has 0 aliphatic rings. The summed E-state index contributed by atoms with van der Waals surface area (Å²) < 4.78 is 0. The van der Waals surface area contributed by atoms with Gasteiger partial charge in [-0.25, -0.2) is 4.79 Å². The number of ketones is 1. The van der Waals surface area contributed by atoms with Crippen molar-refractivity contribution in [3.8, 4) is 0 Å². The summed E-state index contributed by atoms with van der Waals surface area (Å²) in [6.07, 6.45) is 0. The second-order valence-electron chi connectivity index (χ2n) is 4.86. The van der Waals surface area contributed by atoms with Gasteiger partial charge in [0.05, 0.1) is 26.2 Å². The molecule has 148 valence electrons. The van der Waals surface area contributed by atoms with Gasteiger partial charge in [0.2, 0.25) is 5.78 Å². The minimum atomic E-state index is -1.38. The summed E-state index contributed by atoms with van der Waals surface area (Å²) in [6.45, 7) is -1.25. The summed E-state index contributed by atoms with van der Waals surface area (Å²) in [5, 5.41) is 42.1. The highest BCUT2D eigenvalue weighted by molar-refractivity contribution is 6.31. The van der Waals surface area contributed by atoms with Crippen LogP contribution in [0.4, 0.5) is 0 Å². The number of nitrogens with zero attached hydrogens (tertiary/aromatic N) is 2. The number of hydrogen-bond donors (Lipinski definition) is 5. The first kappa shape index (κ1) is 25.2. The van der Waals surface area contributed by atoms with Gasteiger partial charge in [0.25, 0.3) is 0 Å².